The molecule has 1 heterocycles. The van der Waals surface area contributed by atoms with Crippen LogP contribution in [-0.2, 0) is 4.74 Å². The lowest BCUT2D eigenvalue weighted by Crippen LogP contribution is -2.26. The quantitative estimate of drug-likeness (QED) is 0.630. The third-order valence-electron chi connectivity index (χ3n) is 1.77. The lowest BCUT2D eigenvalue weighted by atomic mass is 10.4. The Bertz CT molecular complexity index is 119. The third kappa shape index (κ3) is 3.75. The van der Waals surface area contributed by atoms with E-state index in [1.54, 1.807) is 5.54 Å². The predicted octanol–water partition coefficient (Wildman–Crippen LogP) is 1.46. The van der Waals surface area contributed by atoms with Crippen LogP contribution in [0.1, 0.15) is 6.42 Å². The highest BCUT2D eigenvalue weighted by Crippen LogP contribution is 1.98. The van der Waals surface area contributed by atoms with Crippen LogP contribution in [0.15, 0.2) is 11.6 Å². The molecule has 1 aliphatic rings. The van der Waals surface area contributed by atoms with Crippen LogP contribution < -0.4 is 0 Å². The first-order valence-corrected chi connectivity index (χ1v) is 4.42. The molecule has 1 aliphatic heterocycles. The summed E-state index contributed by atoms with van der Waals surface area (Å²) in [5, 5.41) is 0. The molecule has 0 aromatic rings. The van der Waals surface area contributed by atoms with Gasteiger partial charge in [-0.15, -0.1) is 0 Å². The molecule has 0 aromatic heterocycles. The number of halogens is 1. The van der Waals surface area contributed by atoms with Gasteiger partial charge in [-0.25, -0.2) is 0 Å². The molecule has 1 saturated heterocycles. The van der Waals surface area contributed by atoms with Gasteiger partial charge < -0.3 is 4.74 Å². The van der Waals surface area contributed by atoms with Crippen molar-refractivity contribution in [3.05, 3.63) is 11.6 Å². The topological polar surface area (TPSA) is 12.5 Å². The summed E-state index contributed by atoms with van der Waals surface area (Å²) in [6.07, 6.45) is 3.10. The van der Waals surface area contributed by atoms with Gasteiger partial charge in [-0.1, -0.05) is 17.7 Å². The molecule has 0 amide bonds. The lowest BCUT2D eigenvalue weighted by Gasteiger charge is -2.15. The monoisotopic (exact) mass is 175 g/mol. The Hall–Kier alpha value is -0.0500. The molecule has 0 N–H and O–H groups in total. The van der Waals surface area contributed by atoms with Crippen LogP contribution in [0.25, 0.3) is 0 Å². The molecule has 1 rings (SSSR count). The van der Waals surface area contributed by atoms with Crippen LogP contribution in [-0.4, -0.2) is 37.7 Å². The summed E-state index contributed by atoms with van der Waals surface area (Å²) in [6, 6.07) is 0. The van der Waals surface area contributed by atoms with Gasteiger partial charge in [-0.05, 0) is 6.42 Å². The van der Waals surface area contributed by atoms with Gasteiger partial charge in [0, 0.05) is 31.8 Å². The first kappa shape index (κ1) is 9.04. The van der Waals surface area contributed by atoms with Crippen molar-refractivity contribution in [3.63, 3.8) is 0 Å². The van der Waals surface area contributed by atoms with Gasteiger partial charge in [0.2, 0.25) is 0 Å². The van der Waals surface area contributed by atoms with Crippen LogP contribution in [0.5, 0.6) is 0 Å². The summed E-state index contributed by atoms with van der Waals surface area (Å²) < 4.78 is 5.31. The third-order valence-corrected chi connectivity index (χ3v) is 1.95. The molecular formula is C8H14ClNO. The van der Waals surface area contributed by atoms with Crippen molar-refractivity contribution in [2.24, 2.45) is 0 Å². The Labute approximate surface area is 72.8 Å². The van der Waals surface area contributed by atoms with Crippen molar-refractivity contribution in [2.45, 2.75) is 6.42 Å². The van der Waals surface area contributed by atoms with E-state index in [2.05, 4.69) is 4.90 Å². The molecule has 0 saturated carbocycles. The van der Waals surface area contributed by atoms with Crippen molar-refractivity contribution in [1.82, 2.24) is 4.90 Å². The fraction of sp³-hybridized carbons (Fsp3) is 0.750. The van der Waals surface area contributed by atoms with E-state index in [1.807, 2.05) is 6.08 Å². The van der Waals surface area contributed by atoms with Gasteiger partial charge in [0.05, 0.1) is 6.61 Å². The molecule has 0 radical (unpaired) electrons. The fourth-order valence-corrected chi connectivity index (χ4v) is 1.25. The second-order valence-electron chi connectivity index (χ2n) is 2.63. The minimum absolute atomic E-state index is 0.857. The molecule has 1 fully saturated rings. The first-order valence-electron chi connectivity index (χ1n) is 3.99. The van der Waals surface area contributed by atoms with E-state index in [4.69, 9.17) is 16.3 Å². The Morgan fingerprint density at radius 1 is 1.36 bits per heavy atom. The summed E-state index contributed by atoms with van der Waals surface area (Å²) in [7, 11) is 0. The molecule has 3 heteroatoms. The second-order valence-corrected chi connectivity index (χ2v) is 2.88. The predicted molar refractivity (Wildman–Crippen MR) is 46.9 cm³/mol. The zero-order chi connectivity index (χ0) is 7.94. The van der Waals surface area contributed by atoms with Gasteiger partial charge in [0.25, 0.3) is 0 Å². The number of rotatable bonds is 2. The van der Waals surface area contributed by atoms with E-state index in [1.165, 1.54) is 0 Å². The van der Waals surface area contributed by atoms with E-state index < -0.39 is 0 Å². The van der Waals surface area contributed by atoms with E-state index in [0.29, 0.717) is 0 Å². The Balaban J connectivity index is 2.19. The van der Waals surface area contributed by atoms with Crippen molar-refractivity contribution in [2.75, 3.05) is 32.8 Å². The van der Waals surface area contributed by atoms with Crippen LogP contribution in [0.2, 0.25) is 0 Å². The minimum Gasteiger partial charge on any atom is -0.380 e. The molecule has 0 unspecified atom stereocenters. The second kappa shape index (κ2) is 5.58. The van der Waals surface area contributed by atoms with Crippen molar-refractivity contribution in [1.29, 1.82) is 0 Å². The summed E-state index contributed by atoms with van der Waals surface area (Å²) in [6.45, 7) is 4.87. The molecule has 11 heavy (non-hydrogen) atoms. The summed E-state index contributed by atoms with van der Waals surface area (Å²) in [5.41, 5.74) is 1.58. The van der Waals surface area contributed by atoms with Crippen molar-refractivity contribution < 1.29 is 4.74 Å². The van der Waals surface area contributed by atoms with Gasteiger partial charge >= 0.3 is 0 Å². The molecule has 64 valence electrons. The van der Waals surface area contributed by atoms with E-state index in [9.17, 15) is 0 Å². The number of hydrogen-bond acceptors (Lipinski definition) is 2. The van der Waals surface area contributed by atoms with Gasteiger partial charge in [-0.3, -0.25) is 4.90 Å². The Kier molecular flexibility index (Phi) is 4.59. The highest BCUT2D eigenvalue weighted by molar-refractivity contribution is 6.25. The zero-order valence-electron chi connectivity index (χ0n) is 6.63. The van der Waals surface area contributed by atoms with Crippen LogP contribution in [0.4, 0.5) is 0 Å². The van der Waals surface area contributed by atoms with Gasteiger partial charge in [0.15, 0.2) is 0 Å². The van der Waals surface area contributed by atoms with Crippen LogP contribution >= 0.6 is 11.6 Å². The van der Waals surface area contributed by atoms with Gasteiger partial charge in [0.1, 0.15) is 0 Å². The SMILES string of the molecule is Cl/C=C\CN1CCCOCC1. The van der Waals surface area contributed by atoms with E-state index >= 15 is 0 Å². The molecule has 0 atom stereocenters. The number of nitrogens with zero attached hydrogens (tertiary/aromatic N) is 1. The summed E-state index contributed by atoms with van der Waals surface area (Å²) in [4.78, 5) is 2.34. The lowest BCUT2D eigenvalue weighted by molar-refractivity contribution is 0.143. The summed E-state index contributed by atoms with van der Waals surface area (Å²) in [5.74, 6) is 0. The molecule has 2 nitrogen and oxygen atoms in total. The smallest absolute Gasteiger partial charge is 0.0593 e. The zero-order valence-corrected chi connectivity index (χ0v) is 7.39. The minimum atomic E-state index is 0.857. The average Bonchev–Trinajstić information content (AvgIpc) is 2.28. The highest BCUT2D eigenvalue weighted by Gasteiger charge is 2.05. The molecule has 0 aliphatic carbocycles. The molecular weight excluding hydrogens is 162 g/mol. The van der Waals surface area contributed by atoms with E-state index in [-0.39, 0.29) is 0 Å². The maximum absolute atomic E-state index is 5.42. The van der Waals surface area contributed by atoms with Gasteiger partial charge in [-0.2, -0.15) is 0 Å². The first-order chi connectivity index (χ1) is 5.43. The van der Waals surface area contributed by atoms with Crippen LogP contribution in [0.3, 0.4) is 0 Å². The van der Waals surface area contributed by atoms with Crippen molar-refractivity contribution >= 4 is 11.6 Å². The van der Waals surface area contributed by atoms with E-state index in [0.717, 1.165) is 39.3 Å². The summed E-state index contributed by atoms with van der Waals surface area (Å²) >= 11 is 5.42. The molecule has 0 spiro atoms. The number of ether oxygens (including phenoxy) is 1. The Morgan fingerprint density at radius 2 is 2.27 bits per heavy atom. The molecule has 0 bridgehead atoms. The van der Waals surface area contributed by atoms with Crippen molar-refractivity contribution in [3.8, 4) is 0 Å². The number of hydrogen-bond donors (Lipinski definition) is 0. The Morgan fingerprint density at radius 3 is 3.09 bits per heavy atom. The standard InChI is InChI=1S/C8H14ClNO/c9-3-1-4-10-5-2-7-11-8-6-10/h1,3H,2,4-8H2/b3-1-. The molecule has 0 aromatic carbocycles. The maximum atomic E-state index is 5.42. The normalized spacial score (nSPS) is 22.3. The largest absolute Gasteiger partial charge is 0.380 e. The maximum Gasteiger partial charge on any atom is 0.0593 e. The highest BCUT2D eigenvalue weighted by atomic mass is 35.5. The van der Waals surface area contributed by atoms with Crippen LogP contribution in [0, 0.1) is 0 Å². The average molecular weight is 176 g/mol. The fourth-order valence-electron chi connectivity index (χ4n) is 1.17.